The molecule has 8 heteroatoms. The van der Waals surface area contributed by atoms with Gasteiger partial charge in [0.05, 0.1) is 17.6 Å². The van der Waals surface area contributed by atoms with Gasteiger partial charge in [-0.25, -0.2) is 8.78 Å². The molecule has 0 radical (unpaired) electrons. The molecule has 152 valence electrons. The van der Waals surface area contributed by atoms with Crippen molar-refractivity contribution in [3.63, 3.8) is 0 Å². The third-order valence-electron chi connectivity index (χ3n) is 5.35. The zero-order chi connectivity index (χ0) is 20.2. The molecule has 3 fully saturated rings. The summed E-state index contributed by atoms with van der Waals surface area (Å²) in [7, 11) is 0. The van der Waals surface area contributed by atoms with E-state index in [-0.39, 0.29) is 13.0 Å². The minimum atomic E-state index is -2.57. The van der Waals surface area contributed by atoms with E-state index in [0.29, 0.717) is 23.2 Å². The lowest BCUT2D eigenvalue weighted by molar-refractivity contribution is -0.110. The number of nitrogens with zero attached hydrogens (tertiary/aromatic N) is 2. The Bertz CT molecular complexity index is 745. The number of thioether (sulfide) groups is 1. The van der Waals surface area contributed by atoms with Crippen LogP contribution in [0.4, 0.5) is 14.5 Å². The van der Waals surface area contributed by atoms with Gasteiger partial charge in [-0.2, -0.15) is 5.26 Å². The third-order valence-corrected chi connectivity index (χ3v) is 7.18. The Morgan fingerprint density at radius 1 is 1.29 bits per heavy atom. The average Bonchev–Trinajstić information content (AvgIpc) is 3.07. The highest BCUT2D eigenvalue weighted by molar-refractivity contribution is 8.00. The number of nitrogens with one attached hydrogen (secondary N) is 1. The van der Waals surface area contributed by atoms with Crippen molar-refractivity contribution >= 4 is 35.5 Å². The van der Waals surface area contributed by atoms with Crippen molar-refractivity contribution in [2.75, 3.05) is 18.0 Å². The van der Waals surface area contributed by atoms with E-state index < -0.39 is 11.5 Å². The number of halogens is 3. The number of anilines is 1. The van der Waals surface area contributed by atoms with Crippen LogP contribution in [0.15, 0.2) is 23.1 Å². The SMILES string of the molecule is FC1(F)CCN(c2ccc(SC3CCCC3)c(Cl)c2)C1.N#CC1(NC=O)CC1. The number of carbonyl (C=O) groups excluding carboxylic acids is 1. The van der Waals surface area contributed by atoms with Gasteiger partial charge in [-0.15, -0.1) is 11.8 Å². The molecule has 2 aliphatic carbocycles. The summed E-state index contributed by atoms with van der Waals surface area (Å²) in [4.78, 5) is 12.6. The topological polar surface area (TPSA) is 56.1 Å². The molecule has 0 atom stereocenters. The number of rotatable bonds is 5. The van der Waals surface area contributed by atoms with Crippen molar-refractivity contribution in [3.8, 4) is 6.07 Å². The monoisotopic (exact) mass is 427 g/mol. The van der Waals surface area contributed by atoms with Crippen molar-refractivity contribution in [1.82, 2.24) is 5.32 Å². The highest BCUT2D eigenvalue weighted by Gasteiger charge is 2.42. The van der Waals surface area contributed by atoms with Gasteiger partial charge in [0, 0.05) is 28.8 Å². The van der Waals surface area contributed by atoms with E-state index in [1.807, 2.05) is 36.0 Å². The van der Waals surface area contributed by atoms with E-state index in [4.69, 9.17) is 16.9 Å². The van der Waals surface area contributed by atoms with Crippen LogP contribution >= 0.6 is 23.4 Å². The van der Waals surface area contributed by atoms with Gasteiger partial charge < -0.3 is 10.2 Å². The lowest BCUT2D eigenvalue weighted by Gasteiger charge is -2.19. The fourth-order valence-corrected chi connectivity index (χ4v) is 5.00. The molecule has 0 spiro atoms. The van der Waals surface area contributed by atoms with Crippen molar-refractivity contribution in [1.29, 1.82) is 5.26 Å². The Morgan fingerprint density at radius 3 is 2.46 bits per heavy atom. The van der Waals surface area contributed by atoms with Crippen molar-refractivity contribution in [2.24, 2.45) is 0 Å². The highest BCUT2D eigenvalue weighted by atomic mass is 35.5. The molecule has 4 nitrogen and oxygen atoms in total. The predicted molar refractivity (Wildman–Crippen MR) is 108 cm³/mol. The second-order valence-electron chi connectivity index (χ2n) is 7.62. The Morgan fingerprint density at radius 2 is 2.00 bits per heavy atom. The van der Waals surface area contributed by atoms with Gasteiger partial charge in [-0.3, -0.25) is 4.79 Å². The number of alkyl halides is 2. The molecule has 1 N–H and O–H groups in total. The van der Waals surface area contributed by atoms with Crippen LogP contribution in [0.5, 0.6) is 0 Å². The Hall–Kier alpha value is -1.52. The molecular weight excluding hydrogens is 404 g/mol. The van der Waals surface area contributed by atoms with Gasteiger partial charge in [-0.1, -0.05) is 24.4 Å². The molecule has 1 amide bonds. The second kappa shape index (κ2) is 8.87. The molecule has 1 heterocycles. The van der Waals surface area contributed by atoms with Crippen molar-refractivity contribution in [3.05, 3.63) is 23.2 Å². The number of nitriles is 1. The van der Waals surface area contributed by atoms with Gasteiger partial charge in [0.15, 0.2) is 0 Å². The summed E-state index contributed by atoms with van der Waals surface area (Å²) in [6.07, 6.45) is 7.23. The first-order chi connectivity index (χ1) is 13.4. The Kier molecular flexibility index (Phi) is 6.72. The van der Waals surface area contributed by atoms with Crippen LogP contribution in [0.2, 0.25) is 5.02 Å². The van der Waals surface area contributed by atoms with Crippen LogP contribution in [-0.4, -0.2) is 36.2 Å². The van der Waals surface area contributed by atoms with E-state index in [9.17, 15) is 13.6 Å². The number of benzene rings is 1. The molecule has 1 aromatic rings. The smallest absolute Gasteiger partial charge is 0.266 e. The summed E-state index contributed by atoms with van der Waals surface area (Å²) in [5.41, 5.74) is 0.338. The normalized spacial score (nSPS) is 22.1. The fraction of sp³-hybridized carbons (Fsp3) is 0.600. The van der Waals surface area contributed by atoms with Crippen LogP contribution in [0.25, 0.3) is 0 Å². The van der Waals surface area contributed by atoms with E-state index in [1.54, 1.807) is 4.90 Å². The highest BCUT2D eigenvalue weighted by Crippen LogP contribution is 2.40. The van der Waals surface area contributed by atoms with E-state index in [2.05, 4.69) is 5.32 Å². The molecule has 2 saturated carbocycles. The zero-order valence-electron chi connectivity index (χ0n) is 15.6. The number of hydrogen-bond acceptors (Lipinski definition) is 4. The van der Waals surface area contributed by atoms with Crippen molar-refractivity contribution in [2.45, 2.75) is 66.6 Å². The lowest BCUT2D eigenvalue weighted by Crippen LogP contribution is -2.27. The van der Waals surface area contributed by atoms with Crippen molar-refractivity contribution < 1.29 is 13.6 Å². The van der Waals surface area contributed by atoms with Crippen LogP contribution in [0, 0.1) is 11.3 Å². The largest absolute Gasteiger partial charge is 0.365 e. The van der Waals surface area contributed by atoms with Crippen LogP contribution in [0.3, 0.4) is 0 Å². The predicted octanol–water partition coefficient (Wildman–Crippen LogP) is 5.01. The minimum absolute atomic E-state index is 0.0663. The first-order valence-corrected chi connectivity index (χ1v) is 10.8. The lowest BCUT2D eigenvalue weighted by atomic mass is 10.3. The van der Waals surface area contributed by atoms with Crippen LogP contribution in [-0.2, 0) is 4.79 Å². The summed E-state index contributed by atoms with van der Waals surface area (Å²) in [5.74, 6) is -2.57. The number of hydrogen-bond donors (Lipinski definition) is 1. The third kappa shape index (κ3) is 5.51. The second-order valence-corrected chi connectivity index (χ2v) is 9.37. The molecule has 1 aliphatic heterocycles. The van der Waals surface area contributed by atoms with E-state index in [1.165, 1.54) is 25.7 Å². The number of amides is 1. The van der Waals surface area contributed by atoms with Gasteiger partial charge >= 0.3 is 0 Å². The van der Waals surface area contributed by atoms with Gasteiger partial charge in [0.1, 0.15) is 5.54 Å². The van der Waals surface area contributed by atoms with Crippen LogP contribution < -0.4 is 10.2 Å². The Labute approximate surface area is 173 Å². The molecule has 4 rings (SSSR count). The molecule has 28 heavy (non-hydrogen) atoms. The minimum Gasteiger partial charge on any atom is -0.365 e. The molecule has 0 unspecified atom stereocenters. The summed E-state index contributed by atoms with van der Waals surface area (Å²) in [5, 5.41) is 12.1. The number of carbonyl (C=O) groups is 1. The summed E-state index contributed by atoms with van der Waals surface area (Å²) in [6, 6.07) is 7.75. The summed E-state index contributed by atoms with van der Waals surface area (Å²) in [6.45, 7) is 0.205. The average molecular weight is 428 g/mol. The maximum atomic E-state index is 13.3. The van der Waals surface area contributed by atoms with E-state index in [0.717, 1.165) is 23.4 Å². The van der Waals surface area contributed by atoms with Crippen LogP contribution in [0.1, 0.15) is 44.9 Å². The van der Waals surface area contributed by atoms with Gasteiger partial charge in [0.25, 0.3) is 5.92 Å². The molecule has 0 bridgehead atoms. The molecule has 1 aromatic carbocycles. The summed E-state index contributed by atoms with van der Waals surface area (Å²) >= 11 is 8.15. The quantitative estimate of drug-likeness (QED) is 0.671. The fourth-order valence-electron chi connectivity index (χ4n) is 3.45. The first-order valence-electron chi connectivity index (χ1n) is 9.58. The Balaban J connectivity index is 0.000000236. The van der Waals surface area contributed by atoms with E-state index >= 15 is 0 Å². The summed E-state index contributed by atoms with van der Waals surface area (Å²) < 4.78 is 26.5. The molecule has 0 aromatic heterocycles. The zero-order valence-corrected chi connectivity index (χ0v) is 17.2. The molecule has 3 aliphatic rings. The maximum absolute atomic E-state index is 13.3. The van der Waals surface area contributed by atoms with Gasteiger partial charge in [-0.05, 0) is 43.9 Å². The first kappa shape index (κ1) is 21.2. The standard InChI is InChI=1S/C15H18ClF2NS.C5H6N2O/c16-13-9-11(19-8-7-15(17,18)10-19)5-6-14(13)20-12-3-1-2-4-12;6-3-5(1-2-5)7-4-8/h5-6,9,12H,1-4,7-8,10H2;4H,1-2H2,(H,7,8). The van der Waals surface area contributed by atoms with Gasteiger partial charge in [0.2, 0.25) is 6.41 Å². The molecular formula is C20H24ClF2N3OS. The maximum Gasteiger partial charge on any atom is 0.266 e. The molecule has 1 saturated heterocycles.